The van der Waals surface area contributed by atoms with Gasteiger partial charge in [-0.25, -0.2) is 13.4 Å². The van der Waals surface area contributed by atoms with E-state index in [1.807, 2.05) is 23.6 Å². The fourth-order valence-electron chi connectivity index (χ4n) is 3.11. The number of ether oxygens (including phenoxy) is 1. The predicted octanol–water partition coefficient (Wildman–Crippen LogP) is 4.26. The third-order valence-electron chi connectivity index (χ3n) is 4.76. The first-order valence-corrected chi connectivity index (χ1v) is 11.6. The Hall–Kier alpha value is -2.49. The second-order valence-electron chi connectivity index (χ2n) is 8.05. The maximum atomic E-state index is 13.1. The third-order valence-corrected chi connectivity index (χ3v) is 6.35. The van der Waals surface area contributed by atoms with Crippen LogP contribution in [0.3, 0.4) is 0 Å². The molecule has 0 aliphatic rings. The number of rotatable bonds is 7. The Balaban J connectivity index is 2.02. The highest BCUT2D eigenvalue weighted by molar-refractivity contribution is 7.92. The van der Waals surface area contributed by atoms with Crippen molar-refractivity contribution in [2.24, 2.45) is 0 Å². The van der Waals surface area contributed by atoms with Crippen LogP contribution in [0.1, 0.15) is 39.1 Å². The van der Waals surface area contributed by atoms with E-state index in [0.29, 0.717) is 28.9 Å². The van der Waals surface area contributed by atoms with Gasteiger partial charge in [-0.05, 0) is 36.1 Å². The van der Waals surface area contributed by atoms with E-state index in [2.05, 4.69) is 40.7 Å². The number of nitrogens with one attached hydrogen (secondary N) is 1. The second kappa shape index (κ2) is 8.94. The van der Waals surface area contributed by atoms with Crippen molar-refractivity contribution in [3.05, 3.63) is 52.9 Å². The van der Waals surface area contributed by atoms with Gasteiger partial charge in [0, 0.05) is 19.9 Å². The lowest BCUT2D eigenvalue weighted by Crippen LogP contribution is -2.16. The van der Waals surface area contributed by atoms with Crippen LogP contribution >= 0.6 is 11.6 Å². The van der Waals surface area contributed by atoms with Crippen LogP contribution in [0.25, 0.3) is 11.5 Å². The van der Waals surface area contributed by atoms with Crippen molar-refractivity contribution in [2.75, 3.05) is 11.8 Å². The fraction of sp³-hybridized carbons (Fsp3) is 0.381. The van der Waals surface area contributed by atoms with Crippen molar-refractivity contribution >= 4 is 27.3 Å². The van der Waals surface area contributed by atoms with Crippen molar-refractivity contribution < 1.29 is 13.2 Å². The van der Waals surface area contributed by atoms with E-state index in [1.54, 1.807) is 19.2 Å². The number of benzene rings is 1. The first-order chi connectivity index (χ1) is 14.6. The highest BCUT2D eigenvalue weighted by Gasteiger charge is 2.23. The van der Waals surface area contributed by atoms with Crippen LogP contribution in [-0.4, -0.2) is 35.3 Å². The zero-order valence-corrected chi connectivity index (χ0v) is 19.8. The molecule has 3 aromatic rings. The average Bonchev–Trinajstić information content (AvgIpc) is 3.10. The molecule has 0 bridgehead atoms. The third kappa shape index (κ3) is 5.06. The summed E-state index contributed by atoms with van der Waals surface area (Å²) in [5.41, 5.74) is 1.51. The van der Waals surface area contributed by atoms with E-state index in [1.165, 1.54) is 12.3 Å². The Morgan fingerprint density at radius 3 is 2.42 bits per heavy atom. The van der Waals surface area contributed by atoms with E-state index >= 15 is 0 Å². The average molecular weight is 464 g/mol. The summed E-state index contributed by atoms with van der Waals surface area (Å²) in [5.74, 6) is 1.04. The zero-order valence-electron chi connectivity index (χ0n) is 18.2. The van der Waals surface area contributed by atoms with Gasteiger partial charge in [-0.1, -0.05) is 44.5 Å². The van der Waals surface area contributed by atoms with Crippen molar-refractivity contribution in [3.63, 3.8) is 0 Å². The van der Waals surface area contributed by atoms with Crippen LogP contribution in [0.2, 0.25) is 5.02 Å². The standard InChI is InChI=1S/C21H26ClN5O3S/c1-6-27-18(13-30-5)24-25-20(27)19-17(11-15(22)12-23-19)26-31(28,29)16-9-7-14(8-10-16)21(2,3)4/h7-12,26H,6,13H2,1-5H3. The lowest BCUT2D eigenvalue weighted by molar-refractivity contribution is 0.174. The largest absolute Gasteiger partial charge is 0.377 e. The maximum Gasteiger partial charge on any atom is 0.261 e. The molecular formula is C21H26ClN5O3S. The lowest BCUT2D eigenvalue weighted by atomic mass is 9.87. The highest BCUT2D eigenvalue weighted by atomic mass is 35.5. The van der Waals surface area contributed by atoms with Crippen molar-refractivity contribution in [1.29, 1.82) is 0 Å². The molecule has 0 atom stereocenters. The first-order valence-electron chi connectivity index (χ1n) is 9.77. The molecule has 166 valence electrons. The van der Waals surface area contributed by atoms with Gasteiger partial charge in [0.1, 0.15) is 12.3 Å². The van der Waals surface area contributed by atoms with Gasteiger partial charge in [0.15, 0.2) is 11.6 Å². The van der Waals surface area contributed by atoms with Crippen molar-refractivity contribution in [1.82, 2.24) is 19.7 Å². The number of aromatic nitrogens is 4. The minimum atomic E-state index is -3.88. The Morgan fingerprint density at radius 1 is 1.16 bits per heavy atom. The molecule has 0 spiro atoms. The Kier molecular flexibility index (Phi) is 6.68. The zero-order chi connectivity index (χ0) is 22.8. The molecule has 0 aliphatic carbocycles. The summed E-state index contributed by atoms with van der Waals surface area (Å²) < 4.78 is 35.7. The van der Waals surface area contributed by atoms with Crippen LogP contribution in [0.4, 0.5) is 5.69 Å². The molecule has 0 radical (unpaired) electrons. The molecule has 1 N–H and O–H groups in total. The smallest absolute Gasteiger partial charge is 0.261 e. The van der Waals surface area contributed by atoms with E-state index < -0.39 is 10.0 Å². The molecule has 3 rings (SSSR count). The van der Waals surface area contributed by atoms with Gasteiger partial charge in [0.05, 0.1) is 15.6 Å². The van der Waals surface area contributed by atoms with E-state index in [0.717, 1.165) is 5.56 Å². The predicted molar refractivity (Wildman–Crippen MR) is 121 cm³/mol. The van der Waals surface area contributed by atoms with Gasteiger partial charge in [-0.3, -0.25) is 4.72 Å². The molecular weight excluding hydrogens is 438 g/mol. The number of methoxy groups -OCH3 is 1. The van der Waals surface area contributed by atoms with Gasteiger partial charge in [0.2, 0.25) is 0 Å². The monoisotopic (exact) mass is 463 g/mol. The van der Waals surface area contributed by atoms with E-state index in [9.17, 15) is 8.42 Å². The van der Waals surface area contributed by atoms with Gasteiger partial charge < -0.3 is 9.30 Å². The summed E-state index contributed by atoms with van der Waals surface area (Å²) in [7, 11) is -2.31. The van der Waals surface area contributed by atoms with E-state index in [-0.39, 0.29) is 22.6 Å². The van der Waals surface area contributed by atoms with Crippen LogP contribution in [0, 0.1) is 0 Å². The van der Waals surface area contributed by atoms with Crippen LogP contribution in [0.15, 0.2) is 41.4 Å². The Labute approximate surface area is 187 Å². The molecule has 2 aromatic heterocycles. The number of hydrogen-bond acceptors (Lipinski definition) is 6. The Morgan fingerprint density at radius 2 is 1.84 bits per heavy atom. The van der Waals surface area contributed by atoms with Gasteiger partial charge >= 0.3 is 0 Å². The minimum absolute atomic E-state index is 0.0795. The van der Waals surface area contributed by atoms with Crippen molar-refractivity contribution in [3.8, 4) is 11.5 Å². The Bertz CT molecular complexity index is 1170. The molecule has 0 fully saturated rings. The minimum Gasteiger partial charge on any atom is -0.377 e. The molecule has 8 nitrogen and oxygen atoms in total. The summed E-state index contributed by atoms with van der Waals surface area (Å²) in [4.78, 5) is 4.47. The molecule has 0 unspecified atom stereocenters. The second-order valence-corrected chi connectivity index (χ2v) is 10.2. The number of sulfonamides is 1. The van der Waals surface area contributed by atoms with E-state index in [4.69, 9.17) is 16.3 Å². The topological polar surface area (TPSA) is 99.0 Å². The molecule has 0 aliphatic heterocycles. The summed E-state index contributed by atoms with van der Waals surface area (Å²) >= 11 is 6.12. The molecule has 1 aromatic carbocycles. The van der Waals surface area contributed by atoms with Crippen LogP contribution in [0.5, 0.6) is 0 Å². The summed E-state index contributed by atoms with van der Waals surface area (Å²) in [6, 6.07) is 8.32. The molecule has 31 heavy (non-hydrogen) atoms. The quantitative estimate of drug-likeness (QED) is 0.562. The molecule has 0 saturated carbocycles. The molecule has 2 heterocycles. The molecule has 0 amide bonds. The normalized spacial score (nSPS) is 12.2. The summed E-state index contributed by atoms with van der Waals surface area (Å²) in [6.45, 7) is 8.98. The lowest BCUT2D eigenvalue weighted by Gasteiger charge is -2.19. The van der Waals surface area contributed by atoms with Gasteiger partial charge in [-0.2, -0.15) is 0 Å². The highest BCUT2D eigenvalue weighted by Crippen LogP contribution is 2.30. The fourth-order valence-corrected chi connectivity index (χ4v) is 4.33. The molecule has 0 saturated heterocycles. The number of halogens is 1. The maximum absolute atomic E-state index is 13.1. The van der Waals surface area contributed by atoms with Crippen LogP contribution in [-0.2, 0) is 33.3 Å². The number of nitrogens with zero attached hydrogens (tertiary/aromatic N) is 4. The molecule has 10 heteroatoms. The van der Waals surface area contributed by atoms with Crippen molar-refractivity contribution in [2.45, 2.75) is 51.2 Å². The number of anilines is 1. The van der Waals surface area contributed by atoms with Gasteiger partial charge in [-0.15, -0.1) is 10.2 Å². The van der Waals surface area contributed by atoms with Gasteiger partial charge in [0.25, 0.3) is 10.0 Å². The number of pyridine rings is 1. The summed E-state index contributed by atoms with van der Waals surface area (Å²) in [6.07, 6.45) is 1.44. The number of hydrogen-bond donors (Lipinski definition) is 1. The van der Waals surface area contributed by atoms with Crippen LogP contribution < -0.4 is 4.72 Å². The SMILES string of the molecule is CCn1c(COC)nnc1-c1ncc(Cl)cc1NS(=O)(=O)c1ccc(C(C)(C)C)cc1. The first kappa shape index (κ1) is 23.2. The summed E-state index contributed by atoms with van der Waals surface area (Å²) in [5, 5.41) is 8.64.